The van der Waals surface area contributed by atoms with Crippen LogP contribution in [0.5, 0.6) is 0 Å². The molecule has 8 heteroatoms. The van der Waals surface area contributed by atoms with Crippen molar-refractivity contribution in [1.82, 2.24) is 0 Å². The maximum absolute atomic E-state index is 13.8. The van der Waals surface area contributed by atoms with Crippen LogP contribution in [0.2, 0.25) is 0 Å². The topological polar surface area (TPSA) is 46.2 Å². The van der Waals surface area contributed by atoms with Crippen LogP contribution in [-0.2, 0) is 10.0 Å². The minimum atomic E-state index is -4.18. The van der Waals surface area contributed by atoms with Crippen molar-refractivity contribution in [2.75, 3.05) is 4.72 Å². The summed E-state index contributed by atoms with van der Waals surface area (Å²) in [6.07, 6.45) is 0. The van der Waals surface area contributed by atoms with Crippen LogP contribution >= 0.6 is 31.9 Å². The number of halogens is 4. The summed E-state index contributed by atoms with van der Waals surface area (Å²) in [5, 5.41) is 0. The third-order valence-corrected chi connectivity index (χ3v) is 5.85. The van der Waals surface area contributed by atoms with Crippen LogP contribution in [0.25, 0.3) is 0 Å². The van der Waals surface area contributed by atoms with Crippen molar-refractivity contribution < 1.29 is 17.2 Å². The van der Waals surface area contributed by atoms with Crippen LogP contribution in [0.15, 0.2) is 44.2 Å². The Labute approximate surface area is 137 Å². The molecule has 0 aliphatic rings. The van der Waals surface area contributed by atoms with Gasteiger partial charge in [0.05, 0.1) is 0 Å². The van der Waals surface area contributed by atoms with Gasteiger partial charge in [-0.05, 0) is 46.6 Å². The van der Waals surface area contributed by atoms with Gasteiger partial charge in [-0.25, -0.2) is 17.2 Å². The molecule has 2 aromatic carbocycles. The highest BCUT2D eigenvalue weighted by Crippen LogP contribution is 2.29. The van der Waals surface area contributed by atoms with Crippen molar-refractivity contribution in [3.05, 3.63) is 56.5 Å². The molecule has 0 saturated carbocycles. The Bertz CT molecular complexity index is 787. The van der Waals surface area contributed by atoms with Gasteiger partial charge in [0.15, 0.2) is 0 Å². The van der Waals surface area contributed by atoms with Gasteiger partial charge in [-0.1, -0.05) is 22.0 Å². The highest BCUT2D eigenvalue weighted by Gasteiger charge is 2.24. The van der Waals surface area contributed by atoms with Gasteiger partial charge in [-0.15, -0.1) is 0 Å². The van der Waals surface area contributed by atoms with Gasteiger partial charge < -0.3 is 0 Å². The van der Waals surface area contributed by atoms with Crippen LogP contribution in [0, 0.1) is 18.6 Å². The largest absolute Gasteiger partial charge is 0.279 e. The quantitative estimate of drug-likeness (QED) is 0.758. The molecule has 1 N–H and O–H groups in total. The van der Waals surface area contributed by atoms with Crippen molar-refractivity contribution in [2.45, 2.75) is 11.8 Å². The third-order valence-electron chi connectivity index (χ3n) is 2.66. The molecule has 0 aliphatic heterocycles. The molecule has 0 unspecified atom stereocenters. The first-order valence-corrected chi connectivity index (χ1v) is 8.71. The lowest BCUT2D eigenvalue weighted by molar-refractivity contribution is 0.548. The Hall–Kier alpha value is -0.990. The fraction of sp³-hybridized carbons (Fsp3) is 0.0769. The summed E-state index contributed by atoms with van der Waals surface area (Å²) in [6, 6.07) is 6.22. The molecule has 0 aromatic heterocycles. The molecule has 0 saturated heterocycles. The summed E-state index contributed by atoms with van der Waals surface area (Å²) in [7, 11) is -4.18. The minimum absolute atomic E-state index is 0.182. The van der Waals surface area contributed by atoms with Gasteiger partial charge in [0.25, 0.3) is 10.0 Å². The Morgan fingerprint density at radius 3 is 2.29 bits per heavy atom. The summed E-state index contributed by atoms with van der Waals surface area (Å²) < 4.78 is 54.0. The molecule has 0 bridgehead atoms. The van der Waals surface area contributed by atoms with E-state index in [9.17, 15) is 17.2 Å². The van der Waals surface area contributed by atoms with Crippen molar-refractivity contribution in [3.63, 3.8) is 0 Å². The van der Waals surface area contributed by atoms with E-state index in [0.717, 1.165) is 11.6 Å². The molecule has 0 heterocycles. The fourth-order valence-corrected chi connectivity index (χ4v) is 4.25. The highest BCUT2D eigenvalue weighted by molar-refractivity contribution is 9.10. The van der Waals surface area contributed by atoms with Gasteiger partial charge in [0, 0.05) is 20.7 Å². The van der Waals surface area contributed by atoms with E-state index in [1.54, 1.807) is 18.2 Å². The zero-order chi connectivity index (χ0) is 15.8. The number of sulfonamides is 1. The lowest BCUT2D eigenvalue weighted by Gasteiger charge is -2.11. The number of hydrogen-bond acceptors (Lipinski definition) is 2. The van der Waals surface area contributed by atoms with Crippen molar-refractivity contribution in [2.24, 2.45) is 0 Å². The van der Waals surface area contributed by atoms with Crippen LogP contribution < -0.4 is 4.72 Å². The summed E-state index contributed by atoms with van der Waals surface area (Å²) in [5.41, 5.74) is 1.19. The molecular weight excluding hydrogens is 432 g/mol. The number of benzene rings is 2. The first-order valence-electron chi connectivity index (χ1n) is 5.64. The smallest absolute Gasteiger partial charge is 0.265 e. The van der Waals surface area contributed by atoms with E-state index >= 15 is 0 Å². The van der Waals surface area contributed by atoms with Gasteiger partial charge in [0.1, 0.15) is 16.5 Å². The highest BCUT2D eigenvalue weighted by atomic mass is 79.9. The second-order valence-electron chi connectivity index (χ2n) is 4.27. The average Bonchev–Trinajstić information content (AvgIpc) is 2.31. The number of anilines is 1. The predicted molar refractivity (Wildman–Crippen MR) is 83.7 cm³/mol. The van der Waals surface area contributed by atoms with E-state index in [1.165, 1.54) is 0 Å². The van der Waals surface area contributed by atoms with Crippen LogP contribution in [0.4, 0.5) is 14.5 Å². The van der Waals surface area contributed by atoms with E-state index < -0.39 is 26.6 Å². The van der Waals surface area contributed by atoms with Crippen molar-refractivity contribution >= 4 is 47.6 Å². The molecule has 21 heavy (non-hydrogen) atoms. The standard InChI is InChI=1S/C13H9Br2F2NO2S/c1-7-2-3-9(6-10(7)14)18-21(19,20)13-11(15)4-8(16)5-12(13)17/h2-6,18H,1H3. The lowest BCUT2D eigenvalue weighted by Crippen LogP contribution is -2.15. The lowest BCUT2D eigenvalue weighted by atomic mass is 10.2. The van der Waals surface area contributed by atoms with E-state index in [1.807, 2.05) is 6.92 Å². The predicted octanol–water partition coefficient (Wildman–Crippen LogP) is 4.60. The van der Waals surface area contributed by atoms with Crippen molar-refractivity contribution in [3.8, 4) is 0 Å². The zero-order valence-corrected chi connectivity index (χ0v) is 14.6. The molecule has 0 radical (unpaired) electrons. The fourth-order valence-electron chi connectivity index (χ4n) is 1.65. The Morgan fingerprint density at radius 2 is 1.71 bits per heavy atom. The van der Waals surface area contributed by atoms with E-state index in [2.05, 4.69) is 36.6 Å². The van der Waals surface area contributed by atoms with Crippen LogP contribution in [-0.4, -0.2) is 8.42 Å². The first kappa shape index (κ1) is 16.4. The zero-order valence-electron chi connectivity index (χ0n) is 10.6. The molecule has 2 aromatic rings. The Kier molecular flexibility index (Phi) is 4.69. The van der Waals surface area contributed by atoms with Crippen molar-refractivity contribution in [1.29, 1.82) is 0 Å². The summed E-state index contributed by atoms with van der Waals surface area (Å²) >= 11 is 6.15. The van der Waals surface area contributed by atoms with Gasteiger partial charge in [0.2, 0.25) is 0 Å². The molecule has 0 fully saturated rings. The summed E-state index contributed by atoms with van der Waals surface area (Å²) in [4.78, 5) is -0.638. The van der Waals surface area contributed by atoms with Crippen LogP contribution in [0.3, 0.4) is 0 Å². The second-order valence-corrected chi connectivity index (χ2v) is 7.60. The molecule has 0 spiro atoms. The molecule has 2 rings (SSSR count). The van der Waals surface area contributed by atoms with Gasteiger partial charge in [-0.2, -0.15) is 0 Å². The summed E-state index contributed by atoms with van der Waals surface area (Å²) in [5.74, 6) is -2.03. The minimum Gasteiger partial charge on any atom is -0.279 e. The molecule has 3 nitrogen and oxygen atoms in total. The number of rotatable bonds is 3. The molecular formula is C13H9Br2F2NO2S. The van der Waals surface area contributed by atoms with E-state index in [4.69, 9.17) is 0 Å². The Morgan fingerprint density at radius 1 is 1.05 bits per heavy atom. The summed E-state index contributed by atoms with van der Waals surface area (Å²) in [6.45, 7) is 1.85. The van der Waals surface area contributed by atoms with Gasteiger partial charge in [-0.3, -0.25) is 4.72 Å². The number of aryl methyl sites for hydroxylation is 1. The monoisotopic (exact) mass is 439 g/mol. The third kappa shape index (κ3) is 3.61. The normalized spacial score (nSPS) is 11.5. The SMILES string of the molecule is Cc1ccc(NS(=O)(=O)c2c(F)cc(F)cc2Br)cc1Br. The van der Waals surface area contributed by atoms with Crippen LogP contribution in [0.1, 0.15) is 5.56 Å². The Balaban J connectivity index is 2.46. The molecule has 0 aliphatic carbocycles. The molecule has 112 valence electrons. The van der Waals surface area contributed by atoms with E-state index in [0.29, 0.717) is 10.5 Å². The molecule has 0 amide bonds. The first-order chi connectivity index (χ1) is 9.70. The second kappa shape index (κ2) is 6.02. The molecule has 0 atom stereocenters. The number of nitrogens with one attached hydrogen (secondary N) is 1. The maximum Gasteiger partial charge on any atom is 0.265 e. The van der Waals surface area contributed by atoms with Gasteiger partial charge >= 0.3 is 0 Å². The van der Waals surface area contributed by atoms with E-state index in [-0.39, 0.29) is 10.2 Å². The maximum atomic E-state index is 13.8. The number of hydrogen-bond donors (Lipinski definition) is 1. The average molecular weight is 441 g/mol.